The van der Waals surface area contributed by atoms with Gasteiger partial charge in [-0.3, -0.25) is 4.79 Å². The monoisotopic (exact) mass is 486 g/mol. The van der Waals surface area contributed by atoms with Crippen molar-refractivity contribution in [3.63, 3.8) is 0 Å². The van der Waals surface area contributed by atoms with Crippen LogP contribution in [0.5, 0.6) is 0 Å². The van der Waals surface area contributed by atoms with Gasteiger partial charge in [0, 0.05) is 5.92 Å². The molecular weight excluding hydrogens is 456 g/mol. The second kappa shape index (κ2) is 11.1. The lowest BCUT2D eigenvalue weighted by Crippen LogP contribution is -2.55. The standard InChI is InChI=1S/C29H30N2O5/c1-18(2)25(31-29(34)36-17-19-11-5-4-6-12-19)27(32)30-26(28(33)35-3)24-22-15-9-7-13-20(22)21-14-8-10-16-23(21)24/h4-16,18,24-26H,17H2,1-3H3,(H,30,32)(H,31,34)/t25-,26-/m1/s1. The van der Waals surface area contributed by atoms with Crippen molar-refractivity contribution in [2.24, 2.45) is 5.92 Å². The van der Waals surface area contributed by atoms with Gasteiger partial charge in [-0.15, -0.1) is 0 Å². The van der Waals surface area contributed by atoms with Gasteiger partial charge < -0.3 is 20.1 Å². The first-order chi connectivity index (χ1) is 17.4. The molecule has 3 aromatic carbocycles. The van der Waals surface area contributed by atoms with E-state index in [1.807, 2.05) is 92.7 Å². The molecule has 2 N–H and O–H groups in total. The van der Waals surface area contributed by atoms with Crippen molar-refractivity contribution in [2.75, 3.05) is 7.11 Å². The maximum Gasteiger partial charge on any atom is 0.408 e. The Labute approximate surface area is 210 Å². The van der Waals surface area contributed by atoms with Crippen LogP contribution >= 0.6 is 0 Å². The molecule has 2 amide bonds. The van der Waals surface area contributed by atoms with Gasteiger partial charge in [-0.2, -0.15) is 0 Å². The normalized spacial score (nSPS) is 13.8. The Balaban J connectivity index is 1.54. The van der Waals surface area contributed by atoms with E-state index in [4.69, 9.17) is 9.47 Å². The molecule has 0 radical (unpaired) electrons. The molecule has 3 aromatic rings. The summed E-state index contributed by atoms with van der Waals surface area (Å²) in [5.74, 6) is -1.73. The van der Waals surface area contributed by atoms with Gasteiger partial charge >= 0.3 is 12.1 Å². The molecule has 7 nitrogen and oxygen atoms in total. The molecule has 1 aliphatic rings. The number of ether oxygens (including phenoxy) is 2. The van der Waals surface area contributed by atoms with Crippen molar-refractivity contribution in [3.8, 4) is 11.1 Å². The molecule has 0 unspecified atom stereocenters. The molecule has 0 aliphatic heterocycles. The number of amides is 2. The number of carbonyl (C=O) groups is 3. The molecule has 4 rings (SSSR count). The third-order valence-corrected chi connectivity index (χ3v) is 6.40. The van der Waals surface area contributed by atoms with Gasteiger partial charge in [0.15, 0.2) is 0 Å². The van der Waals surface area contributed by atoms with E-state index in [1.165, 1.54) is 7.11 Å². The minimum Gasteiger partial charge on any atom is -0.467 e. The highest BCUT2D eigenvalue weighted by Crippen LogP contribution is 2.46. The lowest BCUT2D eigenvalue weighted by atomic mass is 9.88. The van der Waals surface area contributed by atoms with Crippen LogP contribution in [0.15, 0.2) is 78.9 Å². The SMILES string of the molecule is COC(=O)[C@H](NC(=O)[C@H](NC(=O)OCc1ccccc1)C(C)C)C1c2ccccc2-c2ccccc21. The minimum absolute atomic E-state index is 0.0829. The van der Waals surface area contributed by atoms with Crippen LogP contribution in [0.2, 0.25) is 0 Å². The van der Waals surface area contributed by atoms with Gasteiger partial charge in [0.2, 0.25) is 5.91 Å². The summed E-state index contributed by atoms with van der Waals surface area (Å²) >= 11 is 0. The third kappa shape index (κ3) is 5.25. The zero-order valence-electron chi connectivity index (χ0n) is 20.6. The van der Waals surface area contributed by atoms with Crippen LogP contribution in [0.4, 0.5) is 4.79 Å². The van der Waals surface area contributed by atoms with Gasteiger partial charge in [-0.1, -0.05) is 92.7 Å². The Bertz CT molecular complexity index is 1200. The van der Waals surface area contributed by atoms with Crippen LogP contribution in [0.25, 0.3) is 11.1 Å². The highest BCUT2D eigenvalue weighted by molar-refractivity contribution is 5.92. The summed E-state index contributed by atoms with van der Waals surface area (Å²) in [7, 11) is 1.30. The molecule has 0 bridgehead atoms. The summed E-state index contributed by atoms with van der Waals surface area (Å²) < 4.78 is 10.4. The third-order valence-electron chi connectivity index (χ3n) is 6.40. The van der Waals surface area contributed by atoms with Crippen LogP contribution in [0, 0.1) is 5.92 Å². The molecule has 0 aromatic heterocycles. The van der Waals surface area contributed by atoms with E-state index in [0.29, 0.717) is 0 Å². The van der Waals surface area contributed by atoms with Crippen LogP contribution in [0.1, 0.15) is 36.5 Å². The van der Waals surface area contributed by atoms with Gasteiger partial charge in [-0.25, -0.2) is 9.59 Å². The van der Waals surface area contributed by atoms with Crippen LogP contribution in [-0.2, 0) is 25.7 Å². The maximum atomic E-state index is 13.4. The summed E-state index contributed by atoms with van der Waals surface area (Å²) in [5.41, 5.74) is 4.74. The Morgan fingerprint density at radius 3 is 1.92 bits per heavy atom. The fourth-order valence-corrected chi connectivity index (χ4v) is 4.63. The van der Waals surface area contributed by atoms with Crippen molar-refractivity contribution < 1.29 is 23.9 Å². The quantitative estimate of drug-likeness (QED) is 0.460. The van der Waals surface area contributed by atoms with Crippen molar-refractivity contribution >= 4 is 18.0 Å². The van der Waals surface area contributed by atoms with Gasteiger partial charge in [0.1, 0.15) is 18.7 Å². The average molecular weight is 487 g/mol. The number of hydrogen-bond acceptors (Lipinski definition) is 5. The van der Waals surface area contributed by atoms with Crippen molar-refractivity contribution in [1.82, 2.24) is 10.6 Å². The maximum absolute atomic E-state index is 13.4. The Kier molecular flexibility index (Phi) is 7.68. The fraction of sp³-hybridized carbons (Fsp3) is 0.276. The number of hydrogen-bond donors (Lipinski definition) is 2. The summed E-state index contributed by atoms with van der Waals surface area (Å²) in [4.78, 5) is 38.9. The number of methoxy groups -OCH3 is 1. The summed E-state index contributed by atoms with van der Waals surface area (Å²) in [6.45, 7) is 3.71. The van der Waals surface area contributed by atoms with E-state index in [1.54, 1.807) is 0 Å². The highest BCUT2D eigenvalue weighted by Gasteiger charge is 2.40. The Hall–Kier alpha value is -4.13. The molecule has 36 heavy (non-hydrogen) atoms. The predicted octanol–water partition coefficient (Wildman–Crippen LogP) is 4.41. The first-order valence-corrected chi connectivity index (χ1v) is 11.9. The predicted molar refractivity (Wildman–Crippen MR) is 136 cm³/mol. The first-order valence-electron chi connectivity index (χ1n) is 11.9. The van der Waals surface area contributed by atoms with E-state index in [0.717, 1.165) is 27.8 Å². The van der Waals surface area contributed by atoms with Gasteiger partial charge in [0.25, 0.3) is 0 Å². The minimum atomic E-state index is -0.976. The molecule has 186 valence electrons. The van der Waals surface area contributed by atoms with Crippen molar-refractivity contribution in [2.45, 2.75) is 38.5 Å². The molecule has 0 spiro atoms. The number of nitrogens with one attached hydrogen (secondary N) is 2. The van der Waals surface area contributed by atoms with Gasteiger partial charge in [0.05, 0.1) is 7.11 Å². The van der Waals surface area contributed by atoms with Crippen LogP contribution in [0.3, 0.4) is 0 Å². The van der Waals surface area contributed by atoms with E-state index in [-0.39, 0.29) is 12.5 Å². The average Bonchev–Trinajstić information content (AvgIpc) is 3.23. The molecule has 0 fully saturated rings. The van der Waals surface area contributed by atoms with E-state index >= 15 is 0 Å². The largest absolute Gasteiger partial charge is 0.467 e. The lowest BCUT2D eigenvalue weighted by molar-refractivity contribution is -0.145. The van der Waals surface area contributed by atoms with Crippen LogP contribution < -0.4 is 10.6 Å². The summed E-state index contributed by atoms with van der Waals surface area (Å²) in [6, 6.07) is 23.0. The Morgan fingerprint density at radius 2 is 1.36 bits per heavy atom. The van der Waals surface area contributed by atoms with Crippen molar-refractivity contribution in [3.05, 3.63) is 95.6 Å². The topological polar surface area (TPSA) is 93.7 Å². The zero-order valence-corrected chi connectivity index (χ0v) is 20.6. The zero-order chi connectivity index (χ0) is 25.7. The first kappa shape index (κ1) is 25.0. The summed E-state index contributed by atoms with van der Waals surface area (Å²) in [6.07, 6.45) is -0.709. The lowest BCUT2D eigenvalue weighted by Gasteiger charge is -2.28. The fourth-order valence-electron chi connectivity index (χ4n) is 4.63. The second-order valence-electron chi connectivity index (χ2n) is 9.09. The molecule has 7 heteroatoms. The molecule has 0 heterocycles. The number of carbonyl (C=O) groups excluding carboxylic acids is 3. The number of fused-ring (bicyclic) bond motifs is 3. The van der Waals surface area contributed by atoms with E-state index in [9.17, 15) is 14.4 Å². The van der Waals surface area contributed by atoms with Crippen LogP contribution in [-0.4, -0.2) is 37.2 Å². The molecule has 2 atom stereocenters. The molecule has 0 saturated heterocycles. The smallest absolute Gasteiger partial charge is 0.408 e. The number of rotatable bonds is 8. The number of benzene rings is 3. The second-order valence-corrected chi connectivity index (χ2v) is 9.09. The van der Waals surface area contributed by atoms with E-state index < -0.39 is 36.0 Å². The molecule has 1 aliphatic carbocycles. The van der Waals surface area contributed by atoms with Crippen molar-refractivity contribution in [1.29, 1.82) is 0 Å². The van der Waals surface area contributed by atoms with E-state index in [2.05, 4.69) is 10.6 Å². The van der Waals surface area contributed by atoms with Gasteiger partial charge in [-0.05, 0) is 33.7 Å². The Morgan fingerprint density at radius 1 is 0.806 bits per heavy atom. The molecular formula is C29H30N2O5. The number of alkyl carbamates (subject to hydrolysis) is 1. The highest BCUT2D eigenvalue weighted by atomic mass is 16.5. The number of esters is 1. The summed E-state index contributed by atoms with van der Waals surface area (Å²) in [5, 5.41) is 5.52. The molecule has 0 saturated carbocycles.